The van der Waals surface area contributed by atoms with E-state index in [1.165, 1.54) is 56.3 Å². The maximum absolute atomic E-state index is 4.95. The van der Waals surface area contributed by atoms with Gasteiger partial charge in [-0.1, -0.05) is 69.4 Å². The molecule has 5 heterocycles. The van der Waals surface area contributed by atoms with E-state index in [9.17, 15) is 0 Å². The lowest BCUT2D eigenvalue weighted by molar-refractivity contribution is 0.00888. The molecule has 4 saturated heterocycles. The summed E-state index contributed by atoms with van der Waals surface area (Å²) in [6.07, 6.45) is 11.2. The second kappa shape index (κ2) is 12.6. The molecule has 1 aromatic rings. The van der Waals surface area contributed by atoms with Gasteiger partial charge in [-0.05, 0) is 93.2 Å². The summed E-state index contributed by atoms with van der Waals surface area (Å²) in [6, 6.07) is 5.27. The van der Waals surface area contributed by atoms with Crippen molar-refractivity contribution in [3.63, 3.8) is 0 Å². The zero-order valence-corrected chi connectivity index (χ0v) is 29.3. The van der Waals surface area contributed by atoms with Crippen LogP contribution in [0.4, 0.5) is 0 Å². The van der Waals surface area contributed by atoms with E-state index in [4.69, 9.17) is 4.98 Å². The average molecular weight is 650 g/mol. The molecule has 1 aromatic heterocycles. The molecule has 4 bridgehead atoms. The molecular formula is C33H57BrN6S. The van der Waals surface area contributed by atoms with E-state index >= 15 is 0 Å². The molecule has 4 fully saturated rings. The fraction of sp³-hybridized carbons (Fsp3) is 0.848. The van der Waals surface area contributed by atoms with Crippen LogP contribution in [0.1, 0.15) is 118 Å². The SMILES string of the molecule is CC(C)(C)c1ccnc(C2CC[C@@H]3CN(C4NC(C(C)(C)C)C(Br)CC4CNSC4CCCC(N4)N2)C(C)(C)C3)c1. The number of pyridine rings is 1. The second-order valence-electron chi connectivity index (χ2n) is 16.1. The van der Waals surface area contributed by atoms with Crippen LogP contribution in [0.25, 0.3) is 0 Å². The summed E-state index contributed by atoms with van der Waals surface area (Å²) in [5, 5.41) is 12.6. The molecule has 8 unspecified atom stereocenters. The summed E-state index contributed by atoms with van der Waals surface area (Å²) in [4.78, 5) is 8.28. The molecule has 41 heavy (non-hydrogen) atoms. The summed E-state index contributed by atoms with van der Waals surface area (Å²) in [7, 11) is 0. The van der Waals surface area contributed by atoms with Crippen molar-refractivity contribution < 1.29 is 0 Å². The molecule has 9 atom stereocenters. The first-order valence-electron chi connectivity index (χ1n) is 16.2. The fourth-order valence-electron chi connectivity index (χ4n) is 7.85. The van der Waals surface area contributed by atoms with Crippen molar-refractivity contribution >= 4 is 27.9 Å². The molecule has 0 spiro atoms. The van der Waals surface area contributed by atoms with Gasteiger partial charge in [0.05, 0.1) is 29.4 Å². The highest BCUT2D eigenvalue weighted by molar-refractivity contribution is 9.09. The van der Waals surface area contributed by atoms with E-state index in [0.717, 1.165) is 13.0 Å². The number of hydrogen-bond acceptors (Lipinski definition) is 7. The van der Waals surface area contributed by atoms with Crippen molar-refractivity contribution in [1.82, 2.24) is 30.6 Å². The van der Waals surface area contributed by atoms with Gasteiger partial charge in [0.1, 0.15) is 0 Å². The lowest BCUT2D eigenvalue weighted by atomic mass is 9.78. The highest BCUT2D eigenvalue weighted by Gasteiger charge is 2.49. The van der Waals surface area contributed by atoms with Gasteiger partial charge in [0.15, 0.2) is 0 Å². The van der Waals surface area contributed by atoms with E-state index in [2.05, 4.69) is 109 Å². The van der Waals surface area contributed by atoms with Crippen molar-refractivity contribution in [1.29, 1.82) is 0 Å². The number of nitrogens with one attached hydrogen (secondary N) is 4. The lowest BCUT2D eigenvalue weighted by Crippen LogP contribution is -2.66. The Balaban J connectivity index is 1.42. The number of alkyl halides is 1. The third-order valence-corrected chi connectivity index (χ3v) is 12.1. The van der Waals surface area contributed by atoms with Gasteiger partial charge in [-0.25, -0.2) is 0 Å². The van der Waals surface area contributed by atoms with E-state index in [1.54, 1.807) is 0 Å². The van der Waals surface area contributed by atoms with Crippen molar-refractivity contribution in [2.75, 3.05) is 13.1 Å². The summed E-state index contributed by atoms with van der Waals surface area (Å²) >= 11 is 6.04. The molecule has 4 aliphatic rings. The molecular weight excluding hydrogens is 592 g/mol. The van der Waals surface area contributed by atoms with E-state index in [1.807, 2.05) is 18.1 Å². The Labute approximate surface area is 263 Å². The number of halogens is 1. The minimum Gasteiger partial charge on any atom is -0.297 e. The largest absolute Gasteiger partial charge is 0.297 e. The Bertz CT molecular complexity index is 1020. The summed E-state index contributed by atoms with van der Waals surface area (Å²) < 4.78 is 3.86. The highest BCUT2D eigenvalue weighted by atomic mass is 79.9. The van der Waals surface area contributed by atoms with Gasteiger partial charge in [-0.15, -0.1) is 0 Å². The Hall–Kier alpha value is -0.220. The number of piperidine rings is 2. The van der Waals surface area contributed by atoms with Gasteiger partial charge in [0.25, 0.3) is 0 Å². The zero-order valence-electron chi connectivity index (χ0n) is 26.9. The van der Waals surface area contributed by atoms with E-state index in [0.29, 0.717) is 40.4 Å². The Kier molecular flexibility index (Phi) is 9.93. The molecule has 8 heteroatoms. The molecule has 4 N–H and O–H groups in total. The lowest BCUT2D eigenvalue weighted by Gasteiger charge is -2.51. The zero-order chi connectivity index (χ0) is 29.6. The fourth-order valence-corrected chi connectivity index (χ4v) is 10.3. The maximum atomic E-state index is 4.95. The van der Waals surface area contributed by atoms with Gasteiger partial charge in [-0.2, -0.15) is 0 Å². The first-order valence-corrected chi connectivity index (χ1v) is 18.0. The molecule has 6 nitrogen and oxygen atoms in total. The molecule has 232 valence electrons. The maximum Gasteiger partial charge on any atom is 0.0690 e. The summed E-state index contributed by atoms with van der Waals surface area (Å²) in [5.74, 6) is 1.25. The number of rotatable bonds is 1. The minimum atomic E-state index is 0.118. The van der Waals surface area contributed by atoms with Gasteiger partial charge in [0, 0.05) is 41.6 Å². The molecule has 0 amide bonds. The number of fused-ring (bicyclic) bond motifs is 6. The Morgan fingerprint density at radius 3 is 2.54 bits per heavy atom. The molecule has 0 aliphatic carbocycles. The van der Waals surface area contributed by atoms with Crippen LogP contribution in [-0.4, -0.2) is 57.1 Å². The van der Waals surface area contributed by atoms with Crippen molar-refractivity contribution in [3.05, 3.63) is 29.6 Å². The van der Waals surface area contributed by atoms with Gasteiger partial charge < -0.3 is 0 Å². The molecule has 5 rings (SSSR count). The minimum absolute atomic E-state index is 0.118. The third kappa shape index (κ3) is 7.72. The van der Waals surface area contributed by atoms with Crippen LogP contribution >= 0.6 is 27.9 Å². The Morgan fingerprint density at radius 1 is 1.02 bits per heavy atom. The van der Waals surface area contributed by atoms with Crippen LogP contribution in [-0.2, 0) is 5.41 Å². The number of aromatic nitrogens is 1. The monoisotopic (exact) mass is 648 g/mol. The second-order valence-corrected chi connectivity index (χ2v) is 18.4. The van der Waals surface area contributed by atoms with Crippen LogP contribution in [0.15, 0.2) is 18.3 Å². The van der Waals surface area contributed by atoms with Crippen LogP contribution in [0.2, 0.25) is 0 Å². The molecule has 4 aliphatic heterocycles. The van der Waals surface area contributed by atoms with Crippen LogP contribution in [0.5, 0.6) is 0 Å². The van der Waals surface area contributed by atoms with Gasteiger partial charge in [0.2, 0.25) is 0 Å². The number of hydrogen-bond donors (Lipinski definition) is 4. The highest BCUT2D eigenvalue weighted by Crippen LogP contribution is 2.43. The predicted molar refractivity (Wildman–Crippen MR) is 178 cm³/mol. The summed E-state index contributed by atoms with van der Waals surface area (Å²) in [5.41, 5.74) is 3.08. The quantitative estimate of drug-likeness (QED) is 0.200. The predicted octanol–water partition coefficient (Wildman–Crippen LogP) is 6.68. The topological polar surface area (TPSA) is 64.2 Å². The normalized spacial score (nSPS) is 38.9. The molecule has 0 saturated carbocycles. The first-order chi connectivity index (χ1) is 19.2. The van der Waals surface area contributed by atoms with Crippen LogP contribution < -0.4 is 20.7 Å². The number of nitrogens with zero attached hydrogens (tertiary/aromatic N) is 2. The van der Waals surface area contributed by atoms with Gasteiger partial charge >= 0.3 is 0 Å². The summed E-state index contributed by atoms with van der Waals surface area (Å²) in [6.45, 7) is 21.2. The Morgan fingerprint density at radius 2 is 1.80 bits per heavy atom. The van der Waals surface area contributed by atoms with Crippen molar-refractivity contribution in [3.8, 4) is 0 Å². The molecule has 0 radical (unpaired) electrons. The van der Waals surface area contributed by atoms with E-state index < -0.39 is 0 Å². The third-order valence-electron chi connectivity index (χ3n) is 10.2. The molecule has 0 aromatic carbocycles. The van der Waals surface area contributed by atoms with Crippen molar-refractivity contribution in [2.24, 2.45) is 17.3 Å². The van der Waals surface area contributed by atoms with Gasteiger partial charge in [-0.3, -0.25) is 30.6 Å². The smallest absolute Gasteiger partial charge is 0.0690 e. The van der Waals surface area contributed by atoms with Crippen LogP contribution in [0.3, 0.4) is 0 Å². The van der Waals surface area contributed by atoms with E-state index in [-0.39, 0.29) is 22.4 Å². The first kappa shape index (κ1) is 32.2. The average Bonchev–Trinajstić information content (AvgIpc) is 3.19. The standard InChI is InChI=1S/C33H57BrN6S/c1-31(2,3)23-14-15-35-26(17-23)25-13-12-21-18-33(7,8)40(20-21)30-22(16-24(34)29(39-30)32(4,5)6)19-36-41-28-11-9-10-27(37-25)38-28/h14-15,17,21-22,24-25,27-30,36-39H,9-13,16,18-20H2,1-8H3/t21-,22?,24?,25?,27?,28?,29?,30?/m0/s1. The van der Waals surface area contributed by atoms with Crippen molar-refractivity contribution in [2.45, 2.75) is 146 Å². The van der Waals surface area contributed by atoms with Crippen LogP contribution in [0, 0.1) is 17.3 Å².